The fourth-order valence-electron chi connectivity index (χ4n) is 2.57. The molecule has 6 nitrogen and oxygen atoms in total. The number of ether oxygens (including phenoxy) is 4. The molecule has 1 aliphatic rings. The maximum atomic E-state index is 12.6. The molecular weight excluding hydrogens is 372 g/mol. The predicted octanol–water partition coefficient (Wildman–Crippen LogP) is 4.04. The van der Waals surface area contributed by atoms with Crippen LogP contribution in [0.5, 0.6) is 17.2 Å². The Hall–Kier alpha value is -3.42. The summed E-state index contributed by atoms with van der Waals surface area (Å²) < 4.78 is 45.5. The summed E-state index contributed by atoms with van der Waals surface area (Å²) in [7, 11) is 1.51. The molecule has 2 aromatic rings. The largest absolute Gasteiger partial charge is 0.493 e. The number of para-hydroxylation sites is 1. The lowest BCUT2D eigenvalue weighted by molar-refractivity contribution is -0.129. The van der Waals surface area contributed by atoms with Gasteiger partial charge in [0, 0.05) is 0 Å². The summed E-state index contributed by atoms with van der Waals surface area (Å²) in [6, 6.07) is 11.1. The number of alkyl halides is 2. The van der Waals surface area contributed by atoms with E-state index in [4.69, 9.17) is 14.2 Å². The topological polar surface area (TPSA) is 66.3 Å². The molecule has 0 spiro atoms. The normalized spacial score (nSPS) is 14.8. The second-order valence-corrected chi connectivity index (χ2v) is 5.55. The van der Waals surface area contributed by atoms with Crippen LogP contribution in [0.3, 0.4) is 0 Å². The van der Waals surface area contributed by atoms with Crippen molar-refractivity contribution < 1.29 is 32.5 Å². The highest BCUT2D eigenvalue weighted by Crippen LogP contribution is 2.30. The van der Waals surface area contributed by atoms with Gasteiger partial charge in [0.05, 0.1) is 19.3 Å². The standard InChI is InChI=1S/C20H17F2NO5/c1-3-26-16-9-8-12(11-17(16)25-2)10-14-19(24)28-18(23-14)13-6-4-5-7-15(13)27-20(21)22/h4-11,20H,3H2,1-2H3/b14-10-. The third-order valence-corrected chi connectivity index (χ3v) is 3.74. The number of methoxy groups -OCH3 is 1. The molecule has 2 aromatic carbocycles. The Bertz CT molecular complexity index is 940. The van der Waals surface area contributed by atoms with E-state index in [0.717, 1.165) is 0 Å². The molecule has 8 heteroatoms. The van der Waals surface area contributed by atoms with Gasteiger partial charge in [0.25, 0.3) is 0 Å². The van der Waals surface area contributed by atoms with Crippen molar-refractivity contribution in [2.75, 3.05) is 13.7 Å². The Morgan fingerprint density at radius 3 is 2.64 bits per heavy atom. The van der Waals surface area contributed by atoms with E-state index in [0.29, 0.717) is 23.7 Å². The number of hydrogen-bond donors (Lipinski definition) is 0. The molecule has 0 unspecified atom stereocenters. The molecule has 0 aromatic heterocycles. The zero-order valence-corrected chi connectivity index (χ0v) is 15.1. The summed E-state index contributed by atoms with van der Waals surface area (Å²) >= 11 is 0. The maximum Gasteiger partial charge on any atom is 0.387 e. The van der Waals surface area contributed by atoms with Gasteiger partial charge in [-0.2, -0.15) is 8.78 Å². The average molecular weight is 389 g/mol. The van der Waals surface area contributed by atoms with Gasteiger partial charge in [-0.25, -0.2) is 9.79 Å². The number of hydrogen-bond acceptors (Lipinski definition) is 6. The van der Waals surface area contributed by atoms with Gasteiger partial charge in [-0.05, 0) is 42.8 Å². The van der Waals surface area contributed by atoms with E-state index in [2.05, 4.69) is 9.73 Å². The van der Waals surface area contributed by atoms with E-state index < -0.39 is 12.6 Å². The molecule has 0 bridgehead atoms. The van der Waals surface area contributed by atoms with E-state index >= 15 is 0 Å². The summed E-state index contributed by atoms with van der Waals surface area (Å²) in [6.07, 6.45) is 1.50. The molecule has 1 aliphatic heterocycles. The molecule has 1 heterocycles. The van der Waals surface area contributed by atoms with Crippen molar-refractivity contribution in [2.24, 2.45) is 4.99 Å². The van der Waals surface area contributed by atoms with Gasteiger partial charge in [0.1, 0.15) is 5.75 Å². The third-order valence-electron chi connectivity index (χ3n) is 3.74. The summed E-state index contributed by atoms with van der Waals surface area (Å²) in [6.45, 7) is -0.669. The zero-order chi connectivity index (χ0) is 20.1. The number of halogens is 2. The molecule has 3 rings (SSSR count). The molecule has 0 N–H and O–H groups in total. The highest BCUT2D eigenvalue weighted by atomic mass is 19.3. The first-order valence-electron chi connectivity index (χ1n) is 8.39. The van der Waals surface area contributed by atoms with Crippen LogP contribution in [0.4, 0.5) is 8.78 Å². The zero-order valence-electron chi connectivity index (χ0n) is 15.1. The van der Waals surface area contributed by atoms with Crippen LogP contribution in [0.1, 0.15) is 18.1 Å². The Balaban J connectivity index is 1.92. The first-order chi connectivity index (χ1) is 13.5. The van der Waals surface area contributed by atoms with Gasteiger partial charge in [-0.3, -0.25) is 0 Å². The molecule has 146 valence electrons. The van der Waals surface area contributed by atoms with Gasteiger partial charge in [0.15, 0.2) is 17.2 Å². The fraction of sp³-hybridized carbons (Fsp3) is 0.200. The Labute approximate surface area is 160 Å². The van der Waals surface area contributed by atoms with Crippen molar-refractivity contribution in [3.05, 3.63) is 59.3 Å². The molecule has 0 aliphatic carbocycles. The summed E-state index contributed by atoms with van der Waals surface area (Å²) in [5.41, 5.74) is 0.811. The molecule has 0 saturated carbocycles. The van der Waals surface area contributed by atoms with Crippen LogP contribution >= 0.6 is 0 Å². The first kappa shape index (κ1) is 19.3. The lowest BCUT2D eigenvalue weighted by atomic mass is 10.1. The van der Waals surface area contributed by atoms with Gasteiger partial charge >= 0.3 is 12.6 Å². The minimum Gasteiger partial charge on any atom is -0.493 e. The van der Waals surface area contributed by atoms with Crippen molar-refractivity contribution >= 4 is 17.9 Å². The average Bonchev–Trinajstić information content (AvgIpc) is 3.03. The lowest BCUT2D eigenvalue weighted by Gasteiger charge is -2.09. The van der Waals surface area contributed by atoms with E-state index in [1.165, 1.54) is 31.4 Å². The number of benzene rings is 2. The van der Waals surface area contributed by atoms with Crippen LogP contribution < -0.4 is 14.2 Å². The lowest BCUT2D eigenvalue weighted by Crippen LogP contribution is -2.10. The minimum atomic E-state index is -3.01. The summed E-state index contributed by atoms with van der Waals surface area (Å²) in [4.78, 5) is 16.3. The highest BCUT2D eigenvalue weighted by molar-refractivity contribution is 6.13. The number of cyclic esters (lactones) is 1. The molecule has 0 amide bonds. The highest BCUT2D eigenvalue weighted by Gasteiger charge is 2.27. The van der Waals surface area contributed by atoms with E-state index in [1.807, 2.05) is 6.92 Å². The van der Waals surface area contributed by atoms with Crippen molar-refractivity contribution in [3.8, 4) is 17.2 Å². The number of esters is 1. The Morgan fingerprint density at radius 2 is 1.93 bits per heavy atom. The maximum absolute atomic E-state index is 12.6. The van der Waals surface area contributed by atoms with Crippen molar-refractivity contribution in [3.63, 3.8) is 0 Å². The molecule has 0 atom stereocenters. The van der Waals surface area contributed by atoms with E-state index in [1.54, 1.807) is 24.3 Å². The van der Waals surface area contributed by atoms with Crippen LogP contribution in [0.15, 0.2) is 53.2 Å². The van der Waals surface area contributed by atoms with Gasteiger partial charge in [-0.15, -0.1) is 0 Å². The van der Waals surface area contributed by atoms with Crippen LogP contribution in [0.2, 0.25) is 0 Å². The number of carbonyl (C=O) groups is 1. The fourth-order valence-corrected chi connectivity index (χ4v) is 2.57. The monoisotopic (exact) mass is 389 g/mol. The molecule has 0 fully saturated rings. The number of aliphatic imine (C=N–C) groups is 1. The van der Waals surface area contributed by atoms with Crippen molar-refractivity contribution in [1.82, 2.24) is 0 Å². The minimum absolute atomic E-state index is 0.0214. The second kappa shape index (κ2) is 8.51. The second-order valence-electron chi connectivity index (χ2n) is 5.55. The number of carbonyl (C=O) groups excluding carboxylic acids is 1. The third kappa shape index (κ3) is 4.28. The summed E-state index contributed by atoms with van der Waals surface area (Å²) in [5, 5.41) is 0. The van der Waals surface area contributed by atoms with E-state index in [-0.39, 0.29) is 22.9 Å². The Morgan fingerprint density at radius 1 is 1.14 bits per heavy atom. The van der Waals surface area contributed by atoms with Gasteiger partial charge < -0.3 is 18.9 Å². The number of nitrogens with zero attached hydrogens (tertiary/aromatic N) is 1. The van der Waals surface area contributed by atoms with Crippen molar-refractivity contribution in [2.45, 2.75) is 13.5 Å². The number of rotatable bonds is 7. The Kier molecular flexibility index (Phi) is 5.88. The van der Waals surface area contributed by atoms with E-state index in [9.17, 15) is 13.6 Å². The quantitative estimate of drug-likeness (QED) is 0.528. The molecule has 0 radical (unpaired) electrons. The molecule has 0 saturated heterocycles. The smallest absolute Gasteiger partial charge is 0.387 e. The van der Waals surface area contributed by atoms with Crippen LogP contribution in [-0.2, 0) is 9.53 Å². The van der Waals surface area contributed by atoms with Crippen molar-refractivity contribution in [1.29, 1.82) is 0 Å². The van der Waals surface area contributed by atoms with Gasteiger partial charge in [0.2, 0.25) is 5.90 Å². The van der Waals surface area contributed by atoms with Gasteiger partial charge in [-0.1, -0.05) is 18.2 Å². The predicted molar refractivity (Wildman–Crippen MR) is 97.8 cm³/mol. The van der Waals surface area contributed by atoms with Crippen LogP contribution in [0, 0.1) is 0 Å². The summed E-state index contributed by atoms with van der Waals surface area (Å²) in [5.74, 6) is 0.138. The molecular formula is C20H17F2NO5. The molecule has 28 heavy (non-hydrogen) atoms. The SMILES string of the molecule is CCOc1ccc(/C=C2\N=C(c3ccccc3OC(F)F)OC2=O)cc1OC. The van der Waals surface area contributed by atoms with Crippen LogP contribution in [0.25, 0.3) is 6.08 Å². The van der Waals surface area contributed by atoms with Crippen LogP contribution in [-0.4, -0.2) is 32.2 Å². The first-order valence-corrected chi connectivity index (χ1v) is 8.39.